The second-order valence-corrected chi connectivity index (χ2v) is 6.32. The lowest BCUT2D eigenvalue weighted by molar-refractivity contribution is 0.0685. The predicted molar refractivity (Wildman–Crippen MR) is 110 cm³/mol. The molecular formula is C23H17N3O4. The first-order valence-electron chi connectivity index (χ1n) is 9.16. The number of hydrogen-bond donors (Lipinski definition) is 1. The van der Waals surface area contributed by atoms with Crippen LogP contribution in [0.15, 0.2) is 85.1 Å². The van der Waals surface area contributed by atoms with E-state index in [1.165, 1.54) is 6.20 Å². The van der Waals surface area contributed by atoms with Gasteiger partial charge in [-0.15, -0.1) is 10.2 Å². The van der Waals surface area contributed by atoms with E-state index in [9.17, 15) is 9.90 Å². The van der Waals surface area contributed by atoms with Crippen molar-refractivity contribution in [2.45, 2.75) is 6.61 Å². The maximum Gasteiger partial charge on any atom is 0.358 e. The number of carbonyl (C=O) groups is 1. The van der Waals surface area contributed by atoms with Crippen LogP contribution in [0.4, 0.5) is 0 Å². The average molecular weight is 399 g/mol. The molecule has 2 aromatic heterocycles. The lowest BCUT2D eigenvalue weighted by atomic mass is 10.1. The molecule has 0 bridgehead atoms. The molecule has 2 aromatic carbocycles. The van der Waals surface area contributed by atoms with Crippen LogP contribution in [-0.2, 0) is 6.61 Å². The van der Waals surface area contributed by atoms with Crippen molar-refractivity contribution >= 4 is 5.97 Å². The molecule has 0 amide bonds. The fourth-order valence-corrected chi connectivity index (χ4v) is 2.73. The summed E-state index contributed by atoms with van der Waals surface area (Å²) >= 11 is 0. The van der Waals surface area contributed by atoms with E-state index in [-0.39, 0.29) is 18.1 Å². The standard InChI is InChI=1S/C23H17N3O4/c27-23(28)22-20(29-15-16-7-3-1-4-8-16)13-17(14-24-22)19-11-12-21(26-25-19)30-18-9-5-2-6-10-18/h1-14H,15H2,(H,27,28). The summed E-state index contributed by atoms with van der Waals surface area (Å²) in [4.78, 5) is 15.5. The molecule has 4 aromatic rings. The third-order valence-corrected chi connectivity index (χ3v) is 4.19. The Labute approximate surface area is 172 Å². The number of aromatic nitrogens is 3. The Morgan fingerprint density at radius 1 is 0.900 bits per heavy atom. The third-order valence-electron chi connectivity index (χ3n) is 4.19. The Balaban J connectivity index is 1.55. The Morgan fingerprint density at radius 3 is 2.30 bits per heavy atom. The molecule has 2 heterocycles. The number of carboxylic acids is 1. The van der Waals surface area contributed by atoms with Crippen molar-refractivity contribution in [3.63, 3.8) is 0 Å². The molecule has 7 heteroatoms. The third kappa shape index (κ3) is 4.59. The van der Waals surface area contributed by atoms with Gasteiger partial charge in [0.25, 0.3) is 0 Å². The van der Waals surface area contributed by atoms with E-state index in [1.807, 2.05) is 60.7 Å². The number of aromatic carboxylic acids is 1. The van der Waals surface area contributed by atoms with Gasteiger partial charge in [-0.05, 0) is 29.8 Å². The van der Waals surface area contributed by atoms with Gasteiger partial charge in [-0.1, -0.05) is 48.5 Å². The van der Waals surface area contributed by atoms with Crippen LogP contribution in [0, 0.1) is 0 Å². The molecule has 0 aliphatic rings. The van der Waals surface area contributed by atoms with Crippen molar-refractivity contribution in [3.8, 4) is 28.6 Å². The van der Waals surface area contributed by atoms with E-state index in [2.05, 4.69) is 15.2 Å². The zero-order chi connectivity index (χ0) is 20.8. The second-order valence-electron chi connectivity index (χ2n) is 6.32. The van der Waals surface area contributed by atoms with Crippen molar-refractivity contribution < 1.29 is 19.4 Å². The Hall–Kier alpha value is -4.26. The van der Waals surface area contributed by atoms with Crippen molar-refractivity contribution in [2.75, 3.05) is 0 Å². The molecule has 30 heavy (non-hydrogen) atoms. The molecule has 0 saturated heterocycles. The van der Waals surface area contributed by atoms with E-state index in [4.69, 9.17) is 9.47 Å². The highest BCUT2D eigenvalue weighted by Crippen LogP contribution is 2.26. The monoisotopic (exact) mass is 399 g/mol. The maximum atomic E-state index is 11.5. The molecule has 1 N–H and O–H groups in total. The van der Waals surface area contributed by atoms with Gasteiger partial charge in [0.05, 0.1) is 5.69 Å². The van der Waals surface area contributed by atoms with Gasteiger partial charge in [-0.3, -0.25) is 0 Å². The summed E-state index contributed by atoms with van der Waals surface area (Å²) in [6, 6.07) is 23.7. The fourth-order valence-electron chi connectivity index (χ4n) is 2.73. The Morgan fingerprint density at radius 2 is 1.63 bits per heavy atom. The molecular weight excluding hydrogens is 382 g/mol. The van der Waals surface area contributed by atoms with E-state index in [0.717, 1.165) is 5.56 Å². The van der Waals surface area contributed by atoms with Gasteiger partial charge < -0.3 is 14.6 Å². The molecule has 0 radical (unpaired) electrons. The fraction of sp³-hybridized carbons (Fsp3) is 0.0435. The van der Waals surface area contributed by atoms with Gasteiger partial charge in [0, 0.05) is 17.8 Å². The Bertz CT molecular complexity index is 1130. The number of rotatable bonds is 7. The summed E-state index contributed by atoms with van der Waals surface area (Å²) in [5.41, 5.74) is 1.86. The van der Waals surface area contributed by atoms with Gasteiger partial charge in [-0.25, -0.2) is 9.78 Å². The summed E-state index contributed by atoms with van der Waals surface area (Å²) in [5, 5.41) is 17.6. The number of pyridine rings is 1. The molecule has 0 aliphatic carbocycles. The summed E-state index contributed by atoms with van der Waals surface area (Å²) in [6.45, 7) is 0.224. The average Bonchev–Trinajstić information content (AvgIpc) is 2.79. The van der Waals surface area contributed by atoms with Crippen LogP contribution in [-0.4, -0.2) is 26.3 Å². The molecule has 148 valence electrons. The maximum absolute atomic E-state index is 11.5. The van der Waals surface area contributed by atoms with Crippen LogP contribution >= 0.6 is 0 Å². The minimum absolute atomic E-state index is 0.160. The second kappa shape index (κ2) is 8.83. The minimum Gasteiger partial charge on any atom is -0.486 e. The van der Waals surface area contributed by atoms with Crippen LogP contribution in [0.5, 0.6) is 17.4 Å². The van der Waals surface area contributed by atoms with Crippen molar-refractivity contribution in [1.29, 1.82) is 0 Å². The van der Waals surface area contributed by atoms with Gasteiger partial charge in [0.2, 0.25) is 5.88 Å². The molecule has 4 rings (SSSR count). The van der Waals surface area contributed by atoms with Crippen molar-refractivity contribution in [3.05, 3.63) is 96.3 Å². The Kier molecular flexibility index (Phi) is 5.61. The highest BCUT2D eigenvalue weighted by atomic mass is 16.5. The van der Waals surface area contributed by atoms with Crippen molar-refractivity contribution in [1.82, 2.24) is 15.2 Å². The van der Waals surface area contributed by atoms with Crippen LogP contribution in [0.3, 0.4) is 0 Å². The molecule has 0 unspecified atom stereocenters. The number of hydrogen-bond acceptors (Lipinski definition) is 6. The van der Waals surface area contributed by atoms with E-state index in [0.29, 0.717) is 22.9 Å². The van der Waals surface area contributed by atoms with Crippen LogP contribution < -0.4 is 9.47 Å². The van der Waals surface area contributed by atoms with E-state index < -0.39 is 5.97 Å². The quantitative estimate of drug-likeness (QED) is 0.485. The zero-order valence-corrected chi connectivity index (χ0v) is 15.8. The number of ether oxygens (including phenoxy) is 2. The van der Waals surface area contributed by atoms with Crippen LogP contribution in [0.25, 0.3) is 11.3 Å². The smallest absolute Gasteiger partial charge is 0.358 e. The number of para-hydroxylation sites is 1. The summed E-state index contributed by atoms with van der Waals surface area (Å²) in [5.74, 6) is 0.00168. The zero-order valence-electron chi connectivity index (χ0n) is 15.8. The molecule has 0 aliphatic heterocycles. The van der Waals surface area contributed by atoms with Gasteiger partial charge in [0.15, 0.2) is 11.4 Å². The summed E-state index contributed by atoms with van der Waals surface area (Å²) in [6.07, 6.45) is 1.43. The summed E-state index contributed by atoms with van der Waals surface area (Å²) in [7, 11) is 0. The van der Waals surface area contributed by atoms with Crippen LogP contribution in [0.1, 0.15) is 16.1 Å². The van der Waals surface area contributed by atoms with Crippen molar-refractivity contribution in [2.24, 2.45) is 0 Å². The summed E-state index contributed by atoms with van der Waals surface area (Å²) < 4.78 is 11.4. The lowest BCUT2D eigenvalue weighted by Crippen LogP contribution is -2.06. The first-order chi connectivity index (χ1) is 14.7. The van der Waals surface area contributed by atoms with Gasteiger partial charge >= 0.3 is 5.97 Å². The van der Waals surface area contributed by atoms with Crippen LogP contribution in [0.2, 0.25) is 0 Å². The number of carboxylic acid groups (broad SMARTS) is 1. The number of benzene rings is 2. The topological polar surface area (TPSA) is 94.4 Å². The molecule has 0 saturated carbocycles. The normalized spacial score (nSPS) is 10.4. The number of nitrogens with zero attached hydrogens (tertiary/aromatic N) is 3. The largest absolute Gasteiger partial charge is 0.486 e. The molecule has 0 spiro atoms. The lowest BCUT2D eigenvalue weighted by Gasteiger charge is -2.10. The van der Waals surface area contributed by atoms with E-state index >= 15 is 0 Å². The SMILES string of the molecule is O=C(O)c1ncc(-c2ccc(Oc3ccccc3)nn2)cc1OCc1ccccc1. The highest BCUT2D eigenvalue weighted by Gasteiger charge is 2.16. The van der Waals surface area contributed by atoms with Gasteiger partial charge in [-0.2, -0.15) is 0 Å². The first kappa shape index (κ1) is 19.1. The molecule has 0 fully saturated rings. The highest BCUT2D eigenvalue weighted by molar-refractivity contribution is 5.89. The van der Waals surface area contributed by atoms with Gasteiger partial charge in [0.1, 0.15) is 12.4 Å². The molecule has 7 nitrogen and oxygen atoms in total. The first-order valence-corrected chi connectivity index (χ1v) is 9.16. The minimum atomic E-state index is -1.16. The predicted octanol–water partition coefficient (Wildman–Crippen LogP) is 4.61. The molecule has 0 atom stereocenters. The van der Waals surface area contributed by atoms with E-state index in [1.54, 1.807) is 18.2 Å².